The number of benzene rings is 1. The molecular weight excluding hydrogens is 346 g/mol. The van der Waals surface area contributed by atoms with Crippen LogP contribution in [0.25, 0.3) is 0 Å². The Morgan fingerprint density at radius 2 is 1.81 bits per heavy atom. The van der Waals surface area contributed by atoms with Crippen molar-refractivity contribution in [2.45, 2.75) is 26.3 Å². The van der Waals surface area contributed by atoms with Crippen LogP contribution in [-0.4, -0.2) is 53.2 Å². The van der Waals surface area contributed by atoms with Crippen molar-refractivity contribution in [3.8, 4) is 12.1 Å². The highest BCUT2D eigenvalue weighted by Crippen LogP contribution is 2.22. The van der Waals surface area contributed by atoms with Crippen LogP contribution in [0.3, 0.4) is 0 Å². The first-order valence-corrected chi connectivity index (χ1v) is 8.61. The van der Waals surface area contributed by atoms with E-state index in [0.717, 1.165) is 4.90 Å². The van der Waals surface area contributed by atoms with Gasteiger partial charge < -0.3 is 15.1 Å². The molecule has 1 aromatic carbocycles. The Morgan fingerprint density at radius 3 is 2.30 bits per heavy atom. The summed E-state index contributed by atoms with van der Waals surface area (Å²) in [5.41, 5.74) is 0.833. The lowest BCUT2D eigenvalue weighted by Crippen LogP contribution is -2.33. The number of nitrogens with one attached hydrogen (secondary N) is 1. The smallest absolute Gasteiger partial charge is 0.255 e. The van der Waals surface area contributed by atoms with Crippen LogP contribution in [0.5, 0.6) is 0 Å². The predicted octanol–water partition coefficient (Wildman–Crippen LogP) is 1.37. The molecule has 1 atom stereocenters. The van der Waals surface area contributed by atoms with Crippen molar-refractivity contribution in [1.82, 2.24) is 9.80 Å². The maximum Gasteiger partial charge on any atom is 0.255 e. The molecule has 1 aliphatic rings. The van der Waals surface area contributed by atoms with E-state index in [-0.39, 0.29) is 37.4 Å². The second-order valence-electron chi connectivity index (χ2n) is 6.58. The minimum Gasteiger partial charge on any atom is -0.339 e. The summed E-state index contributed by atoms with van der Waals surface area (Å²) in [4.78, 5) is 39.4. The zero-order valence-electron chi connectivity index (χ0n) is 15.3. The molecule has 1 aliphatic heterocycles. The minimum absolute atomic E-state index is 0.0267. The van der Waals surface area contributed by atoms with Crippen molar-refractivity contribution >= 4 is 23.4 Å². The number of amides is 3. The molecule has 2 rings (SSSR count). The molecule has 8 heteroatoms. The van der Waals surface area contributed by atoms with Crippen LogP contribution in [0.1, 0.15) is 30.6 Å². The van der Waals surface area contributed by atoms with Gasteiger partial charge in [-0.2, -0.15) is 10.5 Å². The molecule has 140 valence electrons. The SMILES string of the molecule is CC(C)N1CC(C(=O)Nc2ccc(C(=O)N(CC#N)CC#N)cc2)CC1=O. The fraction of sp³-hybridized carbons (Fsp3) is 0.421. The highest BCUT2D eigenvalue weighted by molar-refractivity contribution is 5.98. The molecule has 1 saturated heterocycles. The van der Waals surface area contributed by atoms with Gasteiger partial charge in [-0.25, -0.2) is 0 Å². The van der Waals surface area contributed by atoms with E-state index in [1.807, 2.05) is 26.0 Å². The Hall–Kier alpha value is -3.39. The second kappa shape index (κ2) is 8.81. The number of hydrogen-bond donors (Lipinski definition) is 1. The van der Waals surface area contributed by atoms with Gasteiger partial charge in [0.2, 0.25) is 11.8 Å². The third kappa shape index (κ3) is 4.83. The Balaban J connectivity index is 2.00. The molecule has 1 fully saturated rings. The maximum absolute atomic E-state index is 12.4. The lowest BCUT2D eigenvalue weighted by atomic mass is 10.1. The van der Waals surface area contributed by atoms with Crippen LogP contribution in [0.2, 0.25) is 0 Å². The van der Waals surface area contributed by atoms with Gasteiger partial charge in [-0.1, -0.05) is 0 Å². The molecule has 0 spiro atoms. The third-order valence-electron chi connectivity index (χ3n) is 4.36. The Labute approximate surface area is 158 Å². The fourth-order valence-electron chi connectivity index (χ4n) is 2.90. The van der Waals surface area contributed by atoms with Crippen molar-refractivity contribution in [3.05, 3.63) is 29.8 Å². The first kappa shape index (κ1) is 19.9. The van der Waals surface area contributed by atoms with Gasteiger partial charge in [0.25, 0.3) is 5.91 Å². The normalized spacial score (nSPS) is 16.0. The molecule has 1 N–H and O–H groups in total. The van der Waals surface area contributed by atoms with E-state index in [9.17, 15) is 14.4 Å². The van der Waals surface area contributed by atoms with Gasteiger partial charge >= 0.3 is 0 Å². The highest BCUT2D eigenvalue weighted by atomic mass is 16.2. The first-order valence-electron chi connectivity index (χ1n) is 8.61. The summed E-state index contributed by atoms with van der Waals surface area (Å²) in [6, 6.07) is 9.99. The summed E-state index contributed by atoms with van der Waals surface area (Å²) in [5, 5.41) is 20.3. The predicted molar refractivity (Wildman–Crippen MR) is 97.2 cm³/mol. The molecule has 0 radical (unpaired) electrons. The molecule has 0 bridgehead atoms. The van der Waals surface area contributed by atoms with Crippen LogP contribution in [0, 0.1) is 28.6 Å². The number of carbonyl (C=O) groups is 3. The molecule has 8 nitrogen and oxygen atoms in total. The lowest BCUT2D eigenvalue weighted by Gasteiger charge is -2.20. The number of carbonyl (C=O) groups excluding carboxylic acids is 3. The monoisotopic (exact) mass is 367 g/mol. The molecule has 3 amide bonds. The topological polar surface area (TPSA) is 117 Å². The molecule has 1 aromatic rings. The molecule has 27 heavy (non-hydrogen) atoms. The number of anilines is 1. The van der Waals surface area contributed by atoms with Gasteiger partial charge in [-0.3, -0.25) is 14.4 Å². The summed E-state index contributed by atoms with van der Waals surface area (Å²) >= 11 is 0. The van der Waals surface area contributed by atoms with E-state index >= 15 is 0 Å². The average molecular weight is 367 g/mol. The number of nitriles is 2. The fourth-order valence-corrected chi connectivity index (χ4v) is 2.90. The van der Waals surface area contributed by atoms with Gasteiger partial charge in [0.05, 0.1) is 18.1 Å². The molecular formula is C19H21N5O3. The molecule has 1 heterocycles. The minimum atomic E-state index is -0.426. The van der Waals surface area contributed by atoms with E-state index in [1.54, 1.807) is 17.0 Å². The van der Waals surface area contributed by atoms with E-state index in [1.165, 1.54) is 12.1 Å². The molecule has 1 unspecified atom stereocenters. The summed E-state index contributed by atoms with van der Waals surface area (Å²) in [6.45, 7) is 3.88. The number of likely N-dealkylation sites (tertiary alicyclic amines) is 1. The van der Waals surface area contributed by atoms with Gasteiger partial charge in [-0.15, -0.1) is 0 Å². The van der Waals surface area contributed by atoms with Crippen LogP contribution < -0.4 is 5.32 Å². The van der Waals surface area contributed by atoms with Crippen molar-refractivity contribution in [1.29, 1.82) is 10.5 Å². The lowest BCUT2D eigenvalue weighted by molar-refractivity contribution is -0.129. The third-order valence-corrected chi connectivity index (χ3v) is 4.36. The van der Waals surface area contributed by atoms with Crippen LogP contribution in [0.15, 0.2) is 24.3 Å². The first-order chi connectivity index (χ1) is 12.9. The summed E-state index contributed by atoms with van der Waals surface area (Å²) in [5.74, 6) is -1.09. The maximum atomic E-state index is 12.4. The van der Waals surface area contributed by atoms with E-state index in [4.69, 9.17) is 10.5 Å². The van der Waals surface area contributed by atoms with Crippen molar-refractivity contribution in [2.24, 2.45) is 5.92 Å². The van der Waals surface area contributed by atoms with Crippen molar-refractivity contribution in [3.63, 3.8) is 0 Å². The van der Waals surface area contributed by atoms with Crippen LogP contribution in [-0.2, 0) is 9.59 Å². The van der Waals surface area contributed by atoms with E-state index < -0.39 is 11.8 Å². The van der Waals surface area contributed by atoms with E-state index in [0.29, 0.717) is 17.8 Å². The van der Waals surface area contributed by atoms with Crippen LogP contribution >= 0.6 is 0 Å². The average Bonchev–Trinajstić information content (AvgIpc) is 3.04. The highest BCUT2D eigenvalue weighted by Gasteiger charge is 2.35. The zero-order chi connectivity index (χ0) is 20.0. The second-order valence-corrected chi connectivity index (χ2v) is 6.58. The summed E-state index contributed by atoms with van der Waals surface area (Å²) < 4.78 is 0. The summed E-state index contributed by atoms with van der Waals surface area (Å²) in [6.07, 6.45) is 0.192. The Bertz CT molecular complexity index is 788. The summed E-state index contributed by atoms with van der Waals surface area (Å²) in [7, 11) is 0. The van der Waals surface area contributed by atoms with Gasteiger partial charge in [-0.05, 0) is 38.1 Å². The van der Waals surface area contributed by atoms with Crippen molar-refractivity contribution in [2.75, 3.05) is 25.0 Å². The number of nitrogens with zero attached hydrogens (tertiary/aromatic N) is 4. The van der Waals surface area contributed by atoms with Crippen molar-refractivity contribution < 1.29 is 14.4 Å². The van der Waals surface area contributed by atoms with Gasteiger partial charge in [0, 0.05) is 30.3 Å². The molecule has 0 aliphatic carbocycles. The standard InChI is InChI=1S/C19H21N5O3/c1-13(2)24-12-15(11-17(24)25)18(26)22-16-5-3-14(4-6-16)19(27)23(9-7-20)10-8-21/h3-6,13,15H,9-12H2,1-2H3,(H,22,26). The Morgan fingerprint density at radius 1 is 1.22 bits per heavy atom. The number of rotatable bonds is 6. The van der Waals surface area contributed by atoms with Gasteiger partial charge in [0.15, 0.2) is 0 Å². The largest absolute Gasteiger partial charge is 0.339 e. The van der Waals surface area contributed by atoms with Gasteiger partial charge in [0.1, 0.15) is 13.1 Å². The van der Waals surface area contributed by atoms with E-state index in [2.05, 4.69) is 5.32 Å². The quantitative estimate of drug-likeness (QED) is 0.762. The molecule has 0 aromatic heterocycles. The Kier molecular flexibility index (Phi) is 6.51. The zero-order valence-corrected chi connectivity index (χ0v) is 15.3. The van der Waals surface area contributed by atoms with Crippen LogP contribution in [0.4, 0.5) is 5.69 Å². The molecule has 0 saturated carbocycles. The number of hydrogen-bond acceptors (Lipinski definition) is 5.